The zero-order valence-electron chi connectivity index (χ0n) is 22.1. The molecule has 3 aromatic rings. The number of aliphatic hydroxyl groups excluding tert-OH is 1. The van der Waals surface area contributed by atoms with E-state index in [-0.39, 0.29) is 18.2 Å². The molecule has 1 fully saturated rings. The number of aliphatic hydroxyl groups is 1. The number of nitrogens with one attached hydrogen (secondary N) is 1. The number of rotatable bonds is 8. The zero-order valence-corrected chi connectivity index (χ0v) is 22.1. The van der Waals surface area contributed by atoms with Crippen molar-refractivity contribution in [2.24, 2.45) is 10.9 Å². The van der Waals surface area contributed by atoms with Gasteiger partial charge in [0.15, 0.2) is 17.4 Å². The second kappa shape index (κ2) is 11.4. The molecule has 1 aliphatic heterocycles. The summed E-state index contributed by atoms with van der Waals surface area (Å²) in [5.74, 6) is -0.281. The standard InChI is InChI=1S/C25H31F3N8O4/c1-14-21(34-40-33-14)23(37)32-22(15-7-5-3-4-6-8-15)17-11-36-20(30-17)9-16(10-29-36)18(13-39-2)35-12-19(25(26,27)28)31-24(35)38/h9-11,15,18-19,22H,3-8,12-13H2,1-2H3,(H,31,38)(H,32,37)/t18?,19-,22?/m0/s1. The molecule has 0 saturated heterocycles. The van der Waals surface area contributed by atoms with E-state index >= 15 is 0 Å². The summed E-state index contributed by atoms with van der Waals surface area (Å²) in [5.41, 5.74) is 2.02. The molecule has 3 aromatic heterocycles. The van der Waals surface area contributed by atoms with Crippen molar-refractivity contribution in [2.45, 2.75) is 69.8 Å². The quantitative estimate of drug-likeness (QED) is 0.391. The number of halogens is 3. The number of hydrogen-bond acceptors (Lipinski definition) is 9. The van der Waals surface area contributed by atoms with Gasteiger partial charge in [-0.05, 0) is 36.9 Å². The van der Waals surface area contributed by atoms with Crippen LogP contribution >= 0.6 is 0 Å². The molecule has 0 spiro atoms. The number of amidine groups is 1. The third kappa shape index (κ3) is 5.74. The first-order chi connectivity index (χ1) is 19.2. The minimum atomic E-state index is -4.58. The van der Waals surface area contributed by atoms with Gasteiger partial charge in [0.1, 0.15) is 5.69 Å². The lowest BCUT2D eigenvalue weighted by Crippen LogP contribution is -2.39. The van der Waals surface area contributed by atoms with Crippen molar-refractivity contribution >= 4 is 17.6 Å². The highest BCUT2D eigenvalue weighted by Gasteiger charge is 2.47. The van der Waals surface area contributed by atoms with Gasteiger partial charge in [-0.3, -0.25) is 4.79 Å². The Balaban J connectivity index is 1.45. The second-order valence-corrected chi connectivity index (χ2v) is 10.3. The van der Waals surface area contributed by atoms with Crippen LogP contribution in [0.25, 0.3) is 5.65 Å². The largest absolute Gasteiger partial charge is 0.481 e. The van der Waals surface area contributed by atoms with Crippen molar-refractivity contribution < 1.29 is 32.4 Å². The fourth-order valence-electron chi connectivity index (χ4n) is 5.46. The Hall–Kier alpha value is -3.75. The number of imidazole rings is 1. The number of amides is 1. The van der Waals surface area contributed by atoms with Crippen LogP contribution in [0.2, 0.25) is 0 Å². The van der Waals surface area contributed by atoms with Gasteiger partial charge in [-0.25, -0.2) is 19.1 Å². The van der Waals surface area contributed by atoms with Gasteiger partial charge in [0.05, 0.1) is 43.3 Å². The minimum absolute atomic E-state index is 0.0125. The van der Waals surface area contributed by atoms with E-state index in [2.05, 4.69) is 25.7 Å². The number of fused-ring (bicyclic) bond motifs is 1. The number of carbonyl (C=O) groups excluding carboxylic acids is 1. The third-order valence-corrected chi connectivity index (χ3v) is 7.57. The molecule has 3 atom stereocenters. The van der Waals surface area contributed by atoms with Gasteiger partial charge in [-0.15, -0.1) is 0 Å². The molecular weight excluding hydrogens is 533 g/mol. The van der Waals surface area contributed by atoms with Crippen molar-refractivity contribution in [2.75, 3.05) is 20.3 Å². The molecule has 0 radical (unpaired) electrons. The van der Waals surface area contributed by atoms with Crippen LogP contribution in [-0.4, -0.2) is 79.3 Å². The van der Waals surface area contributed by atoms with Gasteiger partial charge in [0.2, 0.25) is 0 Å². The first kappa shape index (κ1) is 27.8. The number of methoxy groups -OCH3 is 1. The number of alkyl halides is 3. The maximum Gasteiger partial charge on any atom is 0.412 e. The van der Waals surface area contributed by atoms with Gasteiger partial charge in [0, 0.05) is 12.7 Å². The Bertz CT molecular complexity index is 1370. The van der Waals surface area contributed by atoms with Crippen molar-refractivity contribution in [1.29, 1.82) is 0 Å². The van der Waals surface area contributed by atoms with Crippen molar-refractivity contribution in [1.82, 2.24) is 35.1 Å². The topological polar surface area (TPSA) is 143 Å². The summed E-state index contributed by atoms with van der Waals surface area (Å²) in [7, 11) is 1.42. The maximum atomic E-state index is 13.3. The Kier molecular flexibility index (Phi) is 7.92. The molecule has 5 rings (SSSR count). The summed E-state index contributed by atoms with van der Waals surface area (Å²) in [6.45, 7) is 1.08. The molecular formula is C25H31F3N8O4. The lowest BCUT2D eigenvalue weighted by molar-refractivity contribution is -0.146. The maximum absolute atomic E-state index is 13.3. The summed E-state index contributed by atoms with van der Waals surface area (Å²) < 4.78 is 51.4. The van der Waals surface area contributed by atoms with E-state index in [9.17, 15) is 23.1 Å². The average Bonchev–Trinajstić information content (AvgIpc) is 3.58. The van der Waals surface area contributed by atoms with E-state index in [1.807, 2.05) is 0 Å². The van der Waals surface area contributed by atoms with Crippen LogP contribution in [0.3, 0.4) is 0 Å². The molecule has 15 heteroatoms. The molecule has 0 bridgehead atoms. The normalized spacial score (nSPS) is 20.4. The molecule has 2 N–H and O–H groups in total. The first-order valence-corrected chi connectivity index (χ1v) is 13.2. The van der Waals surface area contributed by atoms with Crippen LogP contribution in [0.1, 0.15) is 78.0 Å². The third-order valence-electron chi connectivity index (χ3n) is 7.57. The smallest absolute Gasteiger partial charge is 0.412 e. The van der Waals surface area contributed by atoms with Gasteiger partial charge in [-0.1, -0.05) is 30.8 Å². The second-order valence-electron chi connectivity index (χ2n) is 10.3. The molecule has 2 unspecified atom stereocenters. The van der Waals surface area contributed by atoms with E-state index in [1.165, 1.54) is 13.3 Å². The Morgan fingerprint density at radius 3 is 2.62 bits per heavy atom. The molecule has 1 amide bonds. The fraction of sp³-hybridized carbons (Fsp3) is 0.600. The van der Waals surface area contributed by atoms with E-state index in [1.54, 1.807) is 23.7 Å². The number of carbonyl (C=O) groups is 1. The summed E-state index contributed by atoms with van der Waals surface area (Å²) >= 11 is 0. The van der Waals surface area contributed by atoms with Crippen LogP contribution in [0.15, 0.2) is 28.1 Å². The molecule has 12 nitrogen and oxygen atoms in total. The predicted molar refractivity (Wildman–Crippen MR) is 135 cm³/mol. The molecule has 1 saturated carbocycles. The number of hydrogen-bond donors (Lipinski definition) is 2. The van der Waals surface area contributed by atoms with Gasteiger partial charge in [-0.2, -0.15) is 18.3 Å². The molecule has 40 heavy (non-hydrogen) atoms. The number of aliphatic imine (C=N–C) groups is 1. The molecule has 4 heterocycles. The molecule has 1 aliphatic carbocycles. The van der Waals surface area contributed by atoms with Crippen LogP contribution < -0.4 is 5.32 Å². The van der Waals surface area contributed by atoms with Crippen molar-refractivity contribution in [3.05, 3.63) is 41.1 Å². The van der Waals surface area contributed by atoms with E-state index < -0.39 is 42.8 Å². The van der Waals surface area contributed by atoms with Crippen LogP contribution in [-0.2, 0) is 4.74 Å². The zero-order chi connectivity index (χ0) is 28.4. The lowest BCUT2D eigenvalue weighted by Gasteiger charge is -2.28. The summed E-state index contributed by atoms with van der Waals surface area (Å²) in [6.07, 6.45) is 4.81. The minimum Gasteiger partial charge on any atom is -0.481 e. The monoisotopic (exact) mass is 564 g/mol. The predicted octanol–water partition coefficient (Wildman–Crippen LogP) is 3.71. The number of aryl methyl sites for hydroxylation is 1. The van der Waals surface area contributed by atoms with Gasteiger partial charge >= 0.3 is 6.18 Å². The van der Waals surface area contributed by atoms with Crippen LogP contribution in [0.5, 0.6) is 0 Å². The highest BCUT2D eigenvalue weighted by Crippen LogP contribution is 2.35. The number of aromatic nitrogens is 5. The highest BCUT2D eigenvalue weighted by atomic mass is 19.4. The van der Waals surface area contributed by atoms with Crippen molar-refractivity contribution in [3.8, 4) is 0 Å². The SMILES string of the molecule is COCC(c1cnn2cc(C(NC(=O)c3nonc3C)C3CCCCCC3)nc2c1)N1C[C@@H](C(F)(F)F)N=C1O. The van der Waals surface area contributed by atoms with E-state index in [4.69, 9.17) is 14.3 Å². The fourth-order valence-corrected chi connectivity index (χ4v) is 5.46. The summed E-state index contributed by atoms with van der Waals surface area (Å²) in [5, 5.41) is 25.2. The van der Waals surface area contributed by atoms with Crippen LogP contribution in [0.4, 0.5) is 13.2 Å². The summed E-state index contributed by atoms with van der Waals surface area (Å²) in [6, 6.07) is -2.26. The number of ether oxygens (including phenoxy) is 1. The Morgan fingerprint density at radius 1 is 1.25 bits per heavy atom. The van der Waals surface area contributed by atoms with Crippen LogP contribution in [0, 0.1) is 12.8 Å². The molecule has 0 aromatic carbocycles. The Morgan fingerprint density at radius 2 is 2.00 bits per heavy atom. The molecule has 216 valence electrons. The Labute approximate surface area is 227 Å². The first-order valence-electron chi connectivity index (χ1n) is 13.2. The molecule has 2 aliphatic rings. The lowest BCUT2D eigenvalue weighted by atomic mass is 9.90. The van der Waals surface area contributed by atoms with Gasteiger partial charge < -0.3 is 20.1 Å². The average molecular weight is 565 g/mol. The van der Waals surface area contributed by atoms with Gasteiger partial charge in [0.25, 0.3) is 11.9 Å². The van der Waals surface area contributed by atoms with E-state index in [0.29, 0.717) is 22.6 Å². The van der Waals surface area contributed by atoms with E-state index in [0.717, 1.165) is 43.4 Å². The number of nitrogens with zero attached hydrogens (tertiary/aromatic N) is 7. The summed E-state index contributed by atoms with van der Waals surface area (Å²) in [4.78, 5) is 22.4. The highest BCUT2D eigenvalue weighted by molar-refractivity contribution is 5.93. The van der Waals surface area contributed by atoms with Crippen molar-refractivity contribution in [3.63, 3.8) is 0 Å².